The van der Waals surface area contributed by atoms with E-state index in [0.717, 1.165) is 39.8 Å². The van der Waals surface area contributed by atoms with Crippen LogP contribution in [-0.2, 0) is 4.74 Å². The third-order valence-corrected chi connectivity index (χ3v) is 5.92. The molecule has 2 aromatic heterocycles. The molecule has 2 heterocycles. The third kappa shape index (κ3) is 5.09. The number of alkyl carbamates (subject to hydrolysis) is 1. The van der Waals surface area contributed by atoms with Gasteiger partial charge in [-0.15, -0.1) is 0 Å². The number of aromatic nitrogens is 3. The zero-order valence-electron chi connectivity index (χ0n) is 20.2. The van der Waals surface area contributed by atoms with Gasteiger partial charge in [-0.2, -0.15) is 5.10 Å². The highest BCUT2D eigenvalue weighted by atomic mass is 16.6. The van der Waals surface area contributed by atoms with Crippen molar-refractivity contribution in [3.05, 3.63) is 77.4 Å². The van der Waals surface area contributed by atoms with E-state index in [9.17, 15) is 9.59 Å². The molecule has 1 aliphatic rings. The van der Waals surface area contributed by atoms with E-state index >= 15 is 0 Å². The third-order valence-electron chi connectivity index (χ3n) is 5.92. The molecule has 34 heavy (non-hydrogen) atoms. The number of nitrogens with one attached hydrogen (secondary N) is 1. The molecule has 2 atom stereocenters. The Morgan fingerprint density at radius 3 is 2.59 bits per heavy atom. The number of ether oxygens (including phenoxy) is 1. The van der Waals surface area contributed by atoms with Crippen molar-refractivity contribution in [3.8, 4) is 11.1 Å². The Bertz CT molecular complexity index is 1280. The van der Waals surface area contributed by atoms with Crippen LogP contribution in [0.2, 0.25) is 0 Å². The lowest BCUT2D eigenvalue weighted by Crippen LogP contribution is -2.34. The van der Waals surface area contributed by atoms with Crippen molar-refractivity contribution in [3.63, 3.8) is 0 Å². The van der Waals surface area contributed by atoms with Gasteiger partial charge in [0.1, 0.15) is 18.2 Å². The molecule has 0 fully saturated rings. The lowest BCUT2D eigenvalue weighted by Gasteiger charge is -2.26. The van der Waals surface area contributed by atoms with Gasteiger partial charge in [-0.1, -0.05) is 43.3 Å². The van der Waals surface area contributed by atoms with Gasteiger partial charge in [0, 0.05) is 29.8 Å². The molecule has 7 heteroatoms. The number of nitrogens with zero attached hydrogens (tertiary/aromatic N) is 3. The summed E-state index contributed by atoms with van der Waals surface area (Å²) in [7, 11) is 0. The molecular weight excluding hydrogens is 428 g/mol. The Morgan fingerprint density at radius 1 is 1.18 bits per heavy atom. The minimum atomic E-state index is -0.529. The molecule has 2 unspecified atom stereocenters. The summed E-state index contributed by atoms with van der Waals surface area (Å²) in [6.07, 6.45) is 8.39. The summed E-state index contributed by atoms with van der Waals surface area (Å²) in [5, 5.41) is 7.26. The Hall–Kier alpha value is -3.74. The molecule has 0 aliphatic heterocycles. The van der Waals surface area contributed by atoms with Crippen molar-refractivity contribution >= 4 is 17.9 Å². The van der Waals surface area contributed by atoms with Gasteiger partial charge in [-0.05, 0) is 56.4 Å². The number of allylic oxidation sites excluding steroid dienone is 2. The standard InChI is InChI=1S/C27H30N4O3/c1-17-11-23(18(2)10-21(17)13-28-26(33)34-27(3,4)5)25-24-12-22(14-31(24)30-16-29-25)20-8-6-19(15-32)7-9-20/h6-12,14-16,18,23H,13H2,1-5H3,(H,28,33). The smallest absolute Gasteiger partial charge is 0.407 e. The van der Waals surface area contributed by atoms with E-state index in [1.54, 1.807) is 6.33 Å². The van der Waals surface area contributed by atoms with Crippen molar-refractivity contribution in [1.82, 2.24) is 19.9 Å². The van der Waals surface area contributed by atoms with E-state index in [1.165, 1.54) is 0 Å². The normalized spacial score (nSPS) is 18.3. The van der Waals surface area contributed by atoms with Gasteiger partial charge in [0.15, 0.2) is 0 Å². The number of carbonyl (C=O) groups is 2. The van der Waals surface area contributed by atoms with Crippen LogP contribution in [0.1, 0.15) is 56.6 Å². The van der Waals surface area contributed by atoms with Crippen molar-refractivity contribution < 1.29 is 14.3 Å². The van der Waals surface area contributed by atoms with Crippen molar-refractivity contribution in [2.24, 2.45) is 5.92 Å². The molecule has 3 aromatic rings. The predicted octanol–water partition coefficient (Wildman–Crippen LogP) is 5.34. The molecule has 1 aliphatic carbocycles. The summed E-state index contributed by atoms with van der Waals surface area (Å²) in [6, 6.07) is 9.58. The van der Waals surface area contributed by atoms with Crippen LogP contribution in [0.15, 0.2) is 66.2 Å². The molecule has 176 valence electrons. The van der Waals surface area contributed by atoms with Crippen molar-refractivity contribution in [2.75, 3.05) is 6.54 Å². The highest BCUT2D eigenvalue weighted by Gasteiger charge is 2.26. The number of fused-ring (bicyclic) bond motifs is 1. The summed E-state index contributed by atoms with van der Waals surface area (Å²) in [5.74, 6) is 0.263. The molecule has 0 spiro atoms. The first-order valence-corrected chi connectivity index (χ1v) is 11.4. The molecular formula is C27H30N4O3. The topological polar surface area (TPSA) is 85.6 Å². The summed E-state index contributed by atoms with van der Waals surface area (Å²) in [5.41, 5.74) is 6.22. The SMILES string of the molecule is CC1=CC(c2ncnn3cc(-c4ccc(C=O)cc4)cc23)C(C)C=C1CNC(=O)OC(C)(C)C. The van der Waals surface area contributed by atoms with Gasteiger partial charge >= 0.3 is 6.09 Å². The zero-order valence-corrected chi connectivity index (χ0v) is 20.2. The maximum Gasteiger partial charge on any atom is 0.407 e. The van der Waals surface area contributed by atoms with Gasteiger partial charge in [0.25, 0.3) is 0 Å². The molecule has 0 bridgehead atoms. The quantitative estimate of drug-likeness (QED) is 0.522. The lowest BCUT2D eigenvalue weighted by molar-refractivity contribution is 0.0532. The Morgan fingerprint density at radius 2 is 1.91 bits per heavy atom. The second kappa shape index (κ2) is 9.25. The van der Waals surface area contributed by atoms with Crippen LogP contribution in [-0.4, -0.2) is 39.1 Å². The maximum atomic E-state index is 12.1. The molecule has 1 amide bonds. The first-order chi connectivity index (χ1) is 16.1. The summed E-state index contributed by atoms with van der Waals surface area (Å²) < 4.78 is 7.20. The van der Waals surface area contributed by atoms with E-state index in [-0.39, 0.29) is 11.8 Å². The first-order valence-electron chi connectivity index (χ1n) is 11.4. The van der Waals surface area contributed by atoms with Crippen LogP contribution in [0, 0.1) is 5.92 Å². The minimum Gasteiger partial charge on any atom is -0.444 e. The average molecular weight is 459 g/mol. The Kier molecular flexibility index (Phi) is 6.37. The van der Waals surface area contributed by atoms with Crippen molar-refractivity contribution in [2.45, 2.75) is 46.1 Å². The fourth-order valence-corrected chi connectivity index (χ4v) is 4.21. The molecule has 0 radical (unpaired) electrons. The number of hydrogen-bond acceptors (Lipinski definition) is 5. The van der Waals surface area contributed by atoms with Gasteiger partial charge in [0.2, 0.25) is 0 Å². The predicted molar refractivity (Wildman–Crippen MR) is 132 cm³/mol. The maximum absolute atomic E-state index is 12.1. The number of carbonyl (C=O) groups excluding carboxylic acids is 2. The molecule has 0 saturated heterocycles. The number of rotatable bonds is 5. The Balaban J connectivity index is 1.57. The van der Waals surface area contributed by atoms with Crippen LogP contribution < -0.4 is 5.32 Å². The van der Waals surface area contributed by atoms with E-state index in [0.29, 0.717) is 12.1 Å². The van der Waals surface area contributed by atoms with Crippen molar-refractivity contribution in [1.29, 1.82) is 0 Å². The van der Waals surface area contributed by atoms with Crippen LogP contribution in [0.3, 0.4) is 0 Å². The lowest BCUT2D eigenvalue weighted by atomic mass is 9.81. The minimum absolute atomic E-state index is 0.0796. The zero-order chi connectivity index (χ0) is 24.5. The number of aldehydes is 1. The summed E-state index contributed by atoms with van der Waals surface area (Å²) >= 11 is 0. The number of amides is 1. The first kappa shape index (κ1) is 23.4. The van der Waals surface area contributed by atoms with Gasteiger partial charge in [0.05, 0.1) is 11.2 Å². The van der Waals surface area contributed by atoms with Crippen LogP contribution in [0.25, 0.3) is 16.6 Å². The van der Waals surface area contributed by atoms with E-state index < -0.39 is 11.7 Å². The van der Waals surface area contributed by atoms with E-state index in [4.69, 9.17) is 4.74 Å². The van der Waals surface area contributed by atoms with E-state index in [2.05, 4.69) is 47.5 Å². The van der Waals surface area contributed by atoms with Crippen LogP contribution in [0.4, 0.5) is 4.79 Å². The average Bonchev–Trinajstić information content (AvgIpc) is 3.23. The Labute approximate surface area is 199 Å². The van der Waals surface area contributed by atoms with Gasteiger partial charge in [-0.25, -0.2) is 14.3 Å². The molecule has 1 N–H and O–H groups in total. The molecule has 4 rings (SSSR count). The van der Waals surface area contributed by atoms with Gasteiger partial charge < -0.3 is 10.1 Å². The second-order valence-electron chi connectivity index (χ2n) is 9.73. The molecule has 7 nitrogen and oxygen atoms in total. The van der Waals surface area contributed by atoms with Crippen LogP contribution >= 0.6 is 0 Å². The second-order valence-corrected chi connectivity index (χ2v) is 9.73. The fraction of sp³-hybridized carbons (Fsp3) is 0.333. The van der Waals surface area contributed by atoms with Crippen LogP contribution in [0.5, 0.6) is 0 Å². The van der Waals surface area contributed by atoms with Gasteiger partial charge in [-0.3, -0.25) is 4.79 Å². The number of benzene rings is 1. The highest BCUT2D eigenvalue weighted by molar-refractivity contribution is 5.78. The highest BCUT2D eigenvalue weighted by Crippen LogP contribution is 2.36. The summed E-state index contributed by atoms with van der Waals surface area (Å²) in [6.45, 7) is 10.2. The monoisotopic (exact) mass is 458 g/mol. The fourth-order valence-electron chi connectivity index (χ4n) is 4.21. The molecule has 1 aromatic carbocycles. The molecule has 0 saturated carbocycles. The van der Waals surface area contributed by atoms with E-state index in [1.807, 2.05) is 55.7 Å². The largest absolute Gasteiger partial charge is 0.444 e. The number of hydrogen-bond donors (Lipinski definition) is 1. The summed E-state index contributed by atoms with van der Waals surface area (Å²) in [4.78, 5) is 27.7.